The molecule has 0 saturated heterocycles. The monoisotopic (exact) mass is 400 g/mol. The van der Waals surface area contributed by atoms with Gasteiger partial charge in [0.05, 0.1) is 6.33 Å². The average molecular weight is 400 g/mol. The Morgan fingerprint density at radius 3 is 2.62 bits per heavy atom. The van der Waals surface area contributed by atoms with Crippen LogP contribution in [0.25, 0.3) is 11.2 Å². The molecule has 29 heavy (non-hydrogen) atoms. The molecule has 5 N–H and O–H groups in total. The summed E-state index contributed by atoms with van der Waals surface area (Å²) in [5, 5.41) is 3.07. The van der Waals surface area contributed by atoms with Crippen LogP contribution in [-0.2, 0) is 13.6 Å². The van der Waals surface area contributed by atoms with Gasteiger partial charge in [0.15, 0.2) is 11.2 Å². The minimum atomic E-state index is -0.560. The number of nitrogens with one attached hydrogen (secondary N) is 3. The molecule has 2 saturated carbocycles. The lowest BCUT2D eigenvalue weighted by molar-refractivity contribution is 0.552. The highest BCUT2D eigenvalue weighted by molar-refractivity contribution is 5.70. The topological polar surface area (TPSA) is 166 Å². The molecule has 0 bridgehead atoms. The standard InChI is InChI=1S/C17H20N8O4/c1-23-13-11(15(27)22-16(23)28)25(6-19-13)9-4-7(9)5-24-12(18)10(20-8-2-3-8)14(26)21-17(24)29/h6-9,20H,2-5,18H2,1H3,(H,21,26,29)(H,22,27,28). The Hall–Kier alpha value is -3.57. The Kier molecular flexibility index (Phi) is 3.60. The van der Waals surface area contributed by atoms with Crippen molar-refractivity contribution in [2.75, 3.05) is 11.1 Å². The highest BCUT2D eigenvalue weighted by atomic mass is 16.2. The first-order valence-electron chi connectivity index (χ1n) is 9.40. The zero-order valence-corrected chi connectivity index (χ0v) is 15.6. The van der Waals surface area contributed by atoms with E-state index in [1.165, 1.54) is 22.5 Å². The van der Waals surface area contributed by atoms with Gasteiger partial charge >= 0.3 is 11.4 Å². The number of imidazole rings is 1. The fraction of sp³-hybridized carbons (Fsp3) is 0.471. The number of rotatable bonds is 5. The number of aromatic amines is 2. The summed E-state index contributed by atoms with van der Waals surface area (Å²) in [4.78, 5) is 57.2. The van der Waals surface area contributed by atoms with Crippen molar-refractivity contribution in [1.82, 2.24) is 28.7 Å². The first-order chi connectivity index (χ1) is 13.8. The van der Waals surface area contributed by atoms with E-state index in [2.05, 4.69) is 20.3 Å². The Balaban J connectivity index is 1.46. The van der Waals surface area contributed by atoms with Gasteiger partial charge in [0.2, 0.25) is 0 Å². The molecule has 2 atom stereocenters. The van der Waals surface area contributed by atoms with Crippen molar-refractivity contribution in [2.24, 2.45) is 13.0 Å². The minimum absolute atomic E-state index is 0.0312. The van der Waals surface area contributed by atoms with E-state index in [1.807, 2.05) is 0 Å². The van der Waals surface area contributed by atoms with Crippen LogP contribution in [-0.4, -0.2) is 34.7 Å². The van der Waals surface area contributed by atoms with Gasteiger partial charge in [-0.3, -0.25) is 28.7 Å². The zero-order valence-electron chi connectivity index (χ0n) is 15.6. The van der Waals surface area contributed by atoms with E-state index in [4.69, 9.17) is 5.73 Å². The van der Waals surface area contributed by atoms with Gasteiger partial charge in [0, 0.05) is 25.7 Å². The highest BCUT2D eigenvalue weighted by Crippen LogP contribution is 2.45. The quantitative estimate of drug-likeness (QED) is 0.413. The van der Waals surface area contributed by atoms with Crippen LogP contribution in [0.4, 0.5) is 11.5 Å². The Morgan fingerprint density at radius 1 is 1.17 bits per heavy atom. The fourth-order valence-electron chi connectivity index (χ4n) is 3.75. The number of fused-ring (bicyclic) bond motifs is 1. The molecule has 3 heterocycles. The van der Waals surface area contributed by atoms with Crippen LogP contribution in [0.2, 0.25) is 0 Å². The number of nitrogens with zero attached hydrogens (tertiary/aromatic N) is 4. The molecular weight excluding hydrogens is 380 g/mol. The summed E-state index contributed by atoms with van der Waals surface area (Å²) in [5.74, 6) is 0.149. The summed E-state index contributed by atoms with van der Waals surface area (Å²) in [5.41, 5.74) is 4.87. The van der Waals surface area contributed by atoms with Crippen molar-refractivity contribution in [3.8, 4) is 0 Å². The highest BCUT2D eigenvalue weighted by Gasteiger charge is 2.41. The summed E-state index contributed by atoms with van der Waals surface area (Å²) >= 11 is 0. The van der Waals surface area contributed by atoms with Gasteiger partial charge < -0.3 is 15.6 Å². The third-order valence-corrected chi connectivity index (χ3v) is 5.66. The predicted octanol–water partition coefficient (Wildman–Crippen LogP) is -1.31. The molecule has 12 heteroatoms. The van der Waals surface area contributed by atoms with Crippen LogP contribution in [0.15, 0.2) is 25.5 Å². The maximum atomic E-state index is 12.3. The second-order valence-corrected chi connectivity index (χ2v) is 7.75. The molecule has 0 amide bonds. The molecule has 5 rings (SSSR count). The Bertz CT molecular complexity index is 1370. The second kappa shape index (κ2) is 5.96. The van der Waals surface area contributed by atoms with Crippen LogP contribution in [0, 0.1) is 5.92 Å². The van der Waals surface area contributed by atoms with Gasteiger partial charge in [0.25, 0.3) is 11.1 Å². The van der Waals surface area contributed by atoms with Gasteiger partial charge in [-0.15, -0.1) is 0 Å². The lowest BCUT2D eigenvalue weighted by atomic mass is 10.3. The normalized spacial score (nSPS) is 20.9. The molecule has 0 radical (unpaired) electrons. The Labute approximate surface area is 162 Å². The zero-order chi connectivity index (χ0) is 20.4. The van der Waals surface area contributed by atoms with Crippen LogP contribution < -0.4 is 33.5 Å². The largest absolute Gasteiger partial charge is 0.383 e. The summed E-state index contributed by atoms with van der Waals surface area (Å²) in [6.07, 6.45) is 4.17. The van der Waals surface area contributed by atoms with Crippen molar-refractivity contribution in [3.05, 3.63) is 48.0 Å². The van der Waals surface area contributed by atoms with Crippen molar-refractivity contribution in [2.45, 2.75) is 37.9 Å². The molecule has 3 aromatic heterocycles. The summed E-state index contributed by atoms with van der Waals surface area (Å²) in [6, 6.07) is 0.158. The third kappa shape index (κ3) is 2.79. The van der Waals surface area contributed by atoms with Gasteiger partial charge in [0.1, 0.15) is 11.5 Å². The number of aromatic nitrogens is 6. The molecule has 152 valence electrons. The third-order valence-electron chi connectivity index (χ3n) is 5.66. The Morgan fingerprint density at radius 2 is 1.90 bits per heavy atom. The number of aryl methyl sites for hydroxylation is 1. The van der Waals surface area contributed by atoms with Crippen molar-refractivity contribution in [1.29, 1.82) is 0 Å². The molecule has 0 aromatic carbocycles. The van der Waals surface area contributed by atoms with E-state index in [9.17, 15) is 19.2 Å². The number of H-pyrrole nitrogens is 2. The van der Waals surface area contributed by atoms with Crippen LogP contribution in [0.1, 0.15) is 25.3 Å². The fourth-order valence-corrected chi connectivity index (χ4v) is 3.75. The van der Waals surface area contributed by atoms with E-state index in [0.717, 1.165) is 12.8 Å². The second-order valence-electron chi connectivity index (χ2n) is 7.75. The van der Waals surface area contributed by atoms with Gasteiger partial charge in [-0.2, -0.15) is 0 Å². The molecule has 2 fully saturated rings. The van der Waals surface area contributed by atoms with E-state index in [1.54, 1.807) is 4.57 Å². The maximum Gasteiger partial charge on any atom is 0.330 e. The lowest BCUT2D eigenvalue weighted by Gasteiger charge is -2.13. The lowest BCUT2D eigenvalue weighted by Crippen LogP contribution is -2.35. The minimum Gasteiger partial charge on any atom is -0.383 e. The molecule has 0 spiro atoms. The number of anilines is 2. The first-order valence-corrected chi connectivity index (χ1v) is 9.40. The summed E-state index contributed by atoms with van der Waals surface area (Å²) in [7, 11) is 1.54. The average Bonchev–Trinajstić information content (AvgIpc) is 3.59. The van der Waals surface area contributed by atoms with Gasteiger partial charge in [-0.1, -0.05) is 0 Å². The molecule has 0 aliphatic heterocycles. The van der Waals surface area contributed by atoms with Crippen molar-refractivity contribution in [3.63, 3.8) is 0 Å². The molecule has 2 unspecified atom stereocenters. The molecule has 2 aliphatic carbocycles. The van der Waals surface area contributed by atoms with E-state index in [0.29, 0.717) is 24.1 Å². The van der Waals surface area contributed by atoms with Crippen LogP contribution in [0.3, 0.4) is 0 Å². The van der Waals surface area contributed by atoms with Crippen molar-refractivity contribution < 1.29 is 0 Å². The SMILES string of the molecule is Cn1c(=O)[nH]c(=O)c2c1ncn2C1CC1Cn1c(N)c(NC2CC2)c(=O)[nH]c1=O. The van der Waals surface area contributed by atoms with E-state index in [-0.39, 0.29) is 29.5 Å². The number of nitrogens with two attached hydrogens (primary N) is 1. The number of hydrogen-bond donors (Lipinski definition) is 4. The molecule has 2 aliphatic rings. The molecular formula is C17H20N8O4. The van der Waals surface area contributed by atoms with Crippen LogP contribution >= 0.6 is 0 Å². The first kappa shape index (κ1) is 17.5. The van der Waals surface area contributed by atoms with E-state index >= 15 is 0 Å². The van der Waals surface area contributed by atoms with Gasteiger partial charge in [-0.25, -0.2) is 14.6 Å². The summed E-state index contributed by atoms with van der Waals surface area (Å²) in [6.45, 7) is 0.300. The maximum absolute atomic E-state index is 12.3. The van der Waals surface area contributed by atoms with E-state index < -0.39 is 22.5 Å². The van der Waals surface area contributed by atoms with Crippen molar-refractivity contribution >= 4 is 22.7 Å². The van der Waals surface area contributed by atoms with Gasteiger partial charge in [-0.05, 0) is 25.2 Å². The van der Waals surface area contributed by atoms with Crippen LogP contribution in [0.5, 0.6) is 0 Å². The molecule has 3 aromatic rings. The smallest absolute Gasteiger partial charge is 0.330 e. The summed E-state index contributed by atoms with van der Waals surface area (Å²) < 4.78 is 4.37. The number of hydrogen-bond acceptors (Lipinski definition) is 7. The number of nitrogen functional groups attached to an aromatic ring is 1. The molecule has 12 nitrogen and oxygen atoms in total. The predicted molar refractivity (Wildman–Crippen MR) is 105 cm³/mol.